The van der Waals surface area contributed by atoms with E-state index in [9.17, 15) is 4.79 Å². The Kier molecular flexibility index (Phi) is 5.02. The van der Waals surface area contributed by atoms with Crippen molar-refractivity contribution < 1.29 is 4.79 Å². The summed E-state index contributed by atoms with van der Waals surface area (Å²) in [4.78, 5) is 18.2. The lowest BCUT2D eigenvalue weighted by molar-refractivity contribution is 0.0900. The minimum absolute atomic E-state index is 0.133. The third kappa shape index (κ3) is 2.86. The predicted molar refractivity (Wildman–Crippen MR) is 65.4 cm³/mol. The Morgan fingerprint density at radius 2 is 2.00 bits per heavy atom. The van der Waals surface area contributed by atoms with Crippen molar-refractivity contribution in [2.24, 2.45) is 5.73 Å². The van der Waals surface area contributed by atoms with Gasteiger partial charge in [-0.3, -0.25) is 0 Å². The van der Waals surface area contributed by atoms with Crippen LogP contribution in [0.3, 0.4) is 0 Å². The molecule has 0 aromatic rings. The molecule has 16 heavy (non-hydrogen) atoms. The fourth-order valence-corrected chi connectivity index (χ4v) is 2.14. The summed E-state index contributed by atoms with van der Waals surface area (Å²) in [7, 11) is 2.07. The van der Waals surface area contributed by atoms with E-state index >= 15 is 0 Å². The quantitative estimate of drug-likeness (QED) is 0.741. The van der Waals surface area contributed by atoms with Gasteiger partial charge in [0.25, 0.3) is 0 Å². The molecular formula is C11H24N4O. The minimum atomic E-state index is 0.133. The summed E-state index contributed by atoms with van der Waals surface area (Å²) in [6, 6.07) is 0.292. The second-order valence-corrected chi connectivity index (χ2v) is 4.30. The molecule has 0 aromatic heterocycles. The molecule has 0 saturated carbocycles. The van der Waals surface area contributed by atoms with Crippen LogP contribution in [0.1, 0.15) is 13.8 Å². The summed E-state index contributed by atoms with van der Waals surface area (Å²) >= 11 is 0. The van der Waals surface area contributed by atoms with Crippen LogP contribution in [-0.2, 0) is 0 Å². The average Bonchev–Trinajstić information content (AvgIpc) is 2.30. The highest BCUT2D eigenvalue weighted by Crippen LogP contribution is 2.10. The molecule has 0 aliphatic carbocycles. The van der Waals surface area contributed by atoms with Gasteiger partial charge in [-0.2, -0.15) is 0 Å². The van der Waals surface area contributed by atoms with E-state index in [4.69, 9.17) is 5.73 Å². The normalized spacial score (nSPS) is 22.2. The summed E-state index contributed by atoms with van der Waals surface area (Å²) < 4.78 is 0. The molecule has 5 nitrogen and oxygen atoms in total. The number of carbonyl (C=O) groups excluding carboxylic acids is 1. The van der Waals surface area contributed by atoms with Gasteiger partial charge in [0.15, 0.2) is 0 Å². The molecule has 1 rings (SSSR count). The first-order chi connectivity index (χ1) is 7.63. The molecule has 1 unspecified atom stereocenters. The van der Waals surface area contributed by atoms with Crippen LogP contribution in [0.25, 0.3) is 0 Å². The summed E-state index contributed by atoms with van der Waals surface area (Å²) in [5.74, 6) is 0. The van der Waals surface area contributed by atoms with Crippen molar-refractivity contribution in [2.75, 3.05) is 46.3 Å². The van der Waals surface area contributed by atoms with E-state index in [2.05, 4.69) is 11.9 Å². The molecule has 2 amide bonds. The van der Waals surface area contributed by atoms with Crippen molar-refractivity contribution in [3.05, 3.63) is 0 Å². The fraction of sp³-hybridized carbons (Fsp3) is 0.909. The molecule has 1 atom stereocenters. The zero-order valence-corrected chi connectivity index (χ0v) is 10.6. The number of nitrogens with zero attached hydrogens (tertiary/aromatic N) is 3. The van der Waals surface area contributed by atoms with E-state index in [1.807, 2.05) is 23.6 Å². The van der Waals surface area contributed by atoms with Crippen molar-refractivity contribution in [3.63, 3.8) is 0 Å². The van der Waals surface area contributed by atoms with Gasteiger partial charge in [-0.05, 0) is 20.9 Å². The van der Waals surface area contributed by atoms with Gasteiger partial charge in [0.2, 0.25) is 0 Å². The van der Waals surface area contributed by atoms with Gasteiger partial charge in [-0.25, -0.2) is 4.79 Å². The van der Waals surface area contributed by atoms with Crippen LogP contribution >= 0.6 is 0 Å². The van der Waals surface area contributed by atoms with Crippen molar-refractivity contribution in [3.8, 4) is 0 Å². The maximum Gasteiger partial charge on any atom is 0.320 e. The number of amides is 2. The SMILES string of the molecule is CCN(CC)C(=O)N1CCN(C)CC1CN. The highest BCUT2D eigenvalue weighted by molar-refractivity contribution is 5.75. The Morgan fingerprint density at radius 1 is 1.38 bits per heavy atom. The lowest BCUT2D eigenvalue weighted by atomic mass is 10.2. The lowest BCUT2D eigenvalue weighted by Gasteiger charge is -2.41. The number of hydrogen-bond donors (Lipinski definition) is 1. The van der Waals surface area contributed by atoms with E-state index in [-0.39, 0.29) is 12.1 Å². The number of piperazine rings is 1. The van der Waals surface area contributed by atoms with Crippen LogP contribution in [0, 0.1) is 0 Å². The second-order valence-electron chi connectivity index (χ2n) is 4.30. The van der Waals surface area contributed by atoms with Crippen LogP contribution in [-0.4, -0.2) is 73.1 Å². The molecule has 5 heteroatoms. The summed E-state index contributed by atoms with van der Waals surface area (Å²) in [5.41, 5.74) is 5.74. The predicted octanol–water partition coefficient (Wildman–Crippen LogP) is 0.0229. The van der Waals surface area contributed by atoms with Gasteiger partial charge in [0.05, 0.1) is 6.04 Å². The Hall–Kier alpha value is -0.810. The number of rotatable bonds is 3. The molecule has 1 fully saturated rings. The van der Waals surface area contributed by atoms with E-state index in [0.717, 1.165) is 32.7 Å². The molecule has 1 aliphatic rings. The number of carbonyl (C=O) groups is 1. The lowest BCUT2D eigenvalue weighted by Crippen LogP contribution is -2.59. The maximum absolute atomic E-state index is 12.2. The van der Waals surface area contributed by atoms with E-state index < -0.39 is 0 Å². The summed E-state index contributed by atoms with van der Waals surface area (Å²) in [6.45, 7) is 8.68. The molecule has 2 N–H and O–H groups in total. The topological polar surface area (TPSA) is 52.8 Å². The van der Waals surface area contributed by atoms with Crippen LogP contribution in [0.5, 0.6) is 0 Å². The molecule has 0 radical (unpaired) electrons. The highest BCUT2D eigenvalue weighted by Gasteiger charge is 2.29. The van der Waals surface area contributed by atoms with Gasteiger partial charge in [0, 0.05) is 39.3 Å². The van der Waals surface area contributed by atoms with Crippen LogP contribution in [0.4, 0.5) is 4.79 Å². The first-order valence-corrected chi connectivity index (χ1v) is 6.08. The molecule has 0 spiro atoms. The number of urea groups is 1. The number of likely N-dealkylation sites (N-methyl/N-ethyl adjacent to an activating group) is 1. The van der Waals surface area contributed by atoms with Crippen LogP contribution in [0.2, 0.25) is 0 Å². The number of nitrogens with two attached hydrogens (primary N) is 1. The van der Waals surface area contributed by atoms with E-state index in [1.54, 1.807) is 0 Å². The van der Waals surface area contributed by atoms with Crippen molar-refractivity contribution >= 4 is 6.03 Å². The van der Waals surface area contributed by atoms with Crippen molar-refractivity contribution in [1.82, 2.24) is 14.7 Å². The van der Waals surface area contributed by atoms with E-state index in [1.165, 1.54) is 0 Å². The molecule has 1 heterocycles. The number of hydrogen-bond acceptors (Lipinski definition) is 3. The van der Waals surface area contributed by atoms with Gasteiger partial charge < -0.3 is 20.4 Å². The molecule has 1 aliphatic heterocycles. The second kappa shape index (κ2) is 6.06. The van der Waals surface area contributed by atoms with Gasteiger partial charge in [-0.15, -0.1) is 0 Å². The first kappa shape index (κ1) is 13.3. The van der Waals surface area contributed by atoms with Crippen LogP contribution in [0.15, 0.2) is 0 Å². The molecule has 1 saturated heterocycles. The first-order valence-electron chi connectivity index (χ1n) is 6.08. The van der Waals surface area contributed by atoms with Crippen LogP contribution < -0.4 is 5.73 Å². The van der Waals surface area contributed by atoms with Gasteiger partial charge in [-0.1, -0.05) is 0 Å². The smallest absolute Gasteiger partial charge is 0.320 e. The Balaban J connectivity index is 2.66. The fourth-order valence-electron chi connectivity index (χ4n) is 2.14. The zero-order chi connectivity index (χ0) is 12.1. The largest absolute Gasteiger partial charge is 0.328 e. The third-order valence-corrected chi connectivity index (χ3v) is 3.24. The van der Waals surface area contributed by atoms with E-state index in [0.29, 0.717) is 6.54 Å². The highest BCUT2D eigenvalue weighted by atomic mass is 16.2. The average molecular weight is 228 g/mol. The molecule has 0 bridgehead atoms. The summed E-state index contributed by atoms with van der Waals surface area (Å²) in [6.07, 6.45) is 0. The molecule has 0 aromatic carbocycles. The van der Waals surface area contributed by atoms with Crippen molar-refractivity contribution in [1.29, 1.82) is 0 Å². The molecule has 94 valence electrons. The van der Waals surface area contributed by atoms with Crippen molar-refractivity contribution in [2.45, 2.75) is 19.9 Å². The summed E-state index contributed by atoms with van der Waals surface area (Å²) in [5, 5.41) is 0. The Labute approximate surface area is 98.2 Å². The molecular weight excluding hydrogens is 204 g/mol. The third-order valence-electron chi connectivity index (χ3n) is 3.24. The van der Waals surface area contributed by atoms with Gasteiger partial charge >= 0.3 is 6.03 Å². The monoisotopic (exact) mass is 228 g/mol. The zero-order valence-electron chi connectivity index (χ0n) is 10.6. The standard InChI is InChI=1S/C11H24N4O/c1-4-14(5-2)11(16)15-7-6-13(3)9-10(15)8-12/h10H,4-9,12H2,1-3H3. The Morgan fingerprint density at radius 3 is 2.50 bits per heavy atom. The van der Waals surface area contributed by atoms with Gasteiger partial charge in [0.1, 0.15) is 0 Å². The minimum Gasteiger partial charge on any atom is -0.328 e. The maximum atomic E-state index is 12.2. The Bertz CT molecular complexity index is 230.